The van der Waals surface area contributed by atoms with Crippen molar-refractivity contribution in [1.82, 2.24) is 0 Å². The van der Waals surface area contributed by atoms with Crippen LogP contribution in [0.15, 0.2) is 0 Å². The lowest BCUT2D eigenvalue weighted by Crippen LogP contribution is -2.32. The van der Waals surface area contributed by atoms with Crippen LogP contribution in [-0.2, 0) is 9.53 Å². The molecule has 0 spiro atoms. The largest absolute Gasteiger partial charge is 0.481 e. The highest BCUT2D eigenvalue weighted by Crippen LogP contribution is 2.29. The zero-order chi connectivity index (χ0) is 9.03. The van der Waals surface area contributed by atoms with Crippen molar-refractivity contribution in [3.8, 4) is 0 Å². The van der Waals surface area contributed by atoms with E-state index in [1.54, 1.807) is 0 Å². The van der Waals surface area contributed by atoms with Crippen molar-refractivity contribution >= 4 is 5.97 Å². The van der Waals surface area contributed by atoms with Gasteiger partial charge in [-0.3, -0.25) is 4.79 Å². The van der Waals surface area contributed by atoms with Gasteiger partial charge in [-0.05, 0) is 19.3 Å². The van der Waals surface area contributed by atoms with Crippen LogP contribution in [0.5, 0.6) is 0 Å². The number of ether oxygens (including phenoxy) is 1. The Hall–Kier alpha value is -0.610. The smallest absolute Gasteiger partial charge is 0.303 e. The normalized spacial score (nSPS) is 29.1. The molecule has 1 saturated heterocycles. The summed E-state index contributed by atoms with van der Waals surface area (Å²) in [4.78, 5) is 10.3. The van der Waals surface area contributed by atoms with Crippen LogP contribution in [0, 0.1) is 0 Å². The topological polar surface area (TPSA) is 66.8 Å². The molecule has 2 N–H and O–H groups in total. The van der Waals surface area contributed by atoms with Crippen molar-refractivity contribution in [3.05, 3.63) is 0 Å². The fourth-order valence-electron chi connectivity index (χ4n) is 1.49. The summed E-state index contributed by atoms with van der Waals surface area (Å²) in [5.74, 6) is -0.835. The fourth-order valence-corrected chi connectivity index (χ4v) is 1.49. The summed E-state index contributed by atoms with van der Waals surface area (Å²) >= 11 is 0. The molecule has 0 aromatic heterocycles. The zero-order valence-corrected chi connectivity index (χ0v) is 6.95. The first-order chi connectivity index (χ1) is 5.68. The van der Waals surface area contributed by atoms with Gasteiger partial charge >= 0.3 is 5.97 Å². The Kier molecular flexibility index (Phi) is 3.05. The Balaban J connectivity index is 2.39. The number of hydrogen-bond acceptors (Lipinski definition) is 3. The molecule has 0 aromatic rings. The second-order valence-corrected chi connectivity index (χ2v) is 3.19. The molecule has 1 rings (SSSR count). The minimum atomic E-state index is -0.835. The summed E-state index contributed by atoms with van der Waals surface area (Å²) < 4.78 is 5.33. The summed E-state index contributed by atoms with van der Waals surface area (Å²) in [6, 6.07) is 0. The van der Waals surface area contributed by atoms with Crippen LogP contribution in [0.1, 0.15) is 25.7 Å². The van der Waals surface area contributed by atoms with Gasteiger partial charge in [0.1, 0.15) is 0 Å². The quantitative estimate of drug-likeness (QED) is 0.647. The molecule has 1 unspecified atom stereocenters. The van der Waals surface area contributed by atoms with E-state index < -0.39 is 11.6 Å². The van der Waals surface area contributed by atoms with E-state index in [0.717, 1.165) is 12.8 Å². The van der Waals surface area contributed by atoms with E-state index in [1.165, 1.54) is 0 Å². The molecule has 1 aliphatic heterocycles. The number of hydrogen-bond donors (Lipinski definition) is 2. The molecule has 1 atom stereocenters. The van der Waals surface area contributed by atoms with Gasteiger partial charge in [0, 0.05) is 13.0 Å². The van der Waals surface area contributed by atoms with Gasteiger partial charge in [0.15, 0.2) is 0 Å². The molecule has 0 aromatic carbocycles. The molecule has 0 amide bonds. The molecule has 12 heavy (non-hydrogen) atoms. The number of carboxylic acid groups (broad SMARTS) is 1. The van der Waals surface area contributed by atoms with E-state index in [4.69, 9.17) is 14.9 Å². The Labute approximate surface area is 71.2 Å². The van der Waals surface area contributed by atoms with Crippen LogP contribution >= 0.6 is 0 Å². The third-order valence-electron chi connectivity index (χ3n) is 2.27. The van der Waals surface area contributed by atoms with E-state index in [1.807, 2.05) is 0 Å². The second-order valence-electron chi connectivity index (χ2n) is 3.19. The number of carboxylic acids is 1. The van der Waals surface area contributed by atoms with Crippen molar-refractivity contribution in [1.29, 1.82) is 0 Å². The predicted octanol–water partition coefficient (Wildman–Crippen LogP) is 0.393. The lowest BCUT2D eigenvalue weighted by atomic mass is 9.95. The Morgan fingerprint density at radius 2 is 2.33 bits per heavy atom. The average molecular weight is 174 g/mol. The molecule has 4 nitrogen and oxygen atoms in total. The molecule has 0 aliphatic carbocycles. The monoisotopic (exact) mass is 174 g/mol. The number of carbonyl (C=O) groups is 1. The van der Waals surface area contributed by atoms with Crippen LogP contribution in [0.2, 0.25) is 0 Å². The van der Waals surface area contributed by atoms with Crippen molar-refractivity contribution in [2.45, 2.75) is 31.3 Å². The summed E-state index contributed by atoms with van der Waals surface area (Å²) in [6.07, 6.45) is 2.18. The highest BCUT2D eigenvalue weighted by Gasteiger charge is 2.34. The minimum absolute atomic E-state index is 0.0692. The van der Waals surface area contributed by atoms with E-state index in [0.29, 0.717) is 13.0 Å². The van der Waals surface area contributed by atoms with Gasteiger partial charge in [-0.15, -0.1) is 0 Å². The highest BCUT2D eigenvalue weighted by atomic mass is 16.5. The van der Waals surface area contributed by atoms with E-state index >= 15 is 0 Å². The first kappa shape index (κ1) is 9.48. The lowest BCUT2D eigenvalue weighted by molar-refractivity contribution is -0.139. The van der Waals surface area contributed by atoms with Gasteiger partial charge in [-0.2, -0.15) is 0 Å². The zero-order valence-electron chi connectivity index (χ0n) is 6.95. The van der Waals surface area contributed by atoms with Gasteiger partial charge in [-0.25, -0.2) is 0 Å². The van der Waals surface area contributed by atoms with Gasteiger partial charge in [0.25, 0.3) is 0 Å². The van der Waals surface area contributed by atoms with E-state index in [9.17, 15) is 4.79 Å². The van der Waals surface area contributed by atoms with Gasteiger partial charge in [-0.1, -0.05) is 0 Å². The minimum Gasteiger partial charge on any atom is -0.481 e. The molecule has 70 valence electrons. The molecule has 0 saturated carbocycles. The first-order valence-corrected chi connectivity index (χ1v) is 4.15. The van der Waals surface area contributed by atoms with Crippen LogP contribution < -0.4 is 0 Å². The average Bonchev–Trinajstić information content (AvgIpc) is 2.50. The highest BCUT2D eigenvalue weighted by molar-refractivity contribution is 5.66. The Morgan fingerprint density at radius 3 is 2.75 bits per heavy atom. The molecular formula is C8H14O4. The van der Waals surface area contributed by atoms with Crippen LogP contribution in [0.25, 0.3) is 0 Å². The number of aliphatic hydroxyl groups is 1. The van der Waals surface area contributed by atoms with E-state index in [-0.39, 0.29) is 13.0 Å². The van der Waals surface area contributed by atoms with Crippen molar-refractivity contribution in [2.75, 3.05) is 13.2 Å². The van der Waals surface area contributed by atoms with Gasteiger partial charge < -0.3 is 14.9 Å². The lowest BCUT2D eigenvalue weighted by Gasteiger charge is -2.24. The number of aliphatic hydroxyl groups excluding tert-OH is 1. The summed E-state index contributed by atoms with van der Waals surface area (Å²) in [5, 5.41) is 17.5. The maximum atomic E-state index is 10.3. The van der Waals surface area contributed by atoms with Crippen LogP contribution in [0.4, 0.5) is 0 Å². The third-order valence-corrected chi connectivity index (χ3v) is 2.27. The maximum absolute atomic E-state index is 10.3. The van der Waals surface area contributed by atoms with Gasteiger partial charge in [0.2, 0.25) is 0 Å². The van der Waals surface area contributed by atoms with Crippen LogP contribution in [0.3, 0.4) is 0 Å². The molecule has 1 fully saturated rings. The molecule has 1 aliphatic rings. The molecular weight excluding hydrogens is 160 g/mol. The van der Waals surface area contributed by atoms with Crippen molar-refractivity contribution in [2.24, 2.45) is 0 Å². The summed E-state index contributed by atoms with van der Waals surface area (Å²) in [5.41, 5.74) is -0.557. The number of aliphatic carboxylic acids is 1. The molecule has 0 radical (unpaired) electrons. The Morgan fingerprint density at radius 1 is 1.58 bits per heavy atom. The van der Waals surface area contributed by atoms with Crippen LogP contribution in [-0.4, -0.2) is 35.0 Å². The summed E-state index contributed by atoms with van der Waals surface area (Å²) in [6.45, 7) is 0.570. The third kappa shape index (κ3) is 2.19. The molecule has 4 heteroatoms. The molecule has 1 heterocycles. The second kappa shape index (κ2) is 3.87. The molecule has 0 bridgehead atoms. The Bertz CT molecular complexity index is 160. The predicted molar refractivity (Wildman–Crippen MR) is 41.9 cm³/mol. The maximum Gasteiger partial charge on any atom is 0.303 e. The van der Waals surface area contributed by atoms with E-state index in [2.05, 4.69) is 0 Å². The fraction of sp³-hybridized carbons (Fsp3) is 0.875. The standard InChI is InChI=1S/C8H14O4/c9-6-8(3-1-5-12-8)4-2-7(10)11/h9H,1-6H2,(H,10,11). The summed E-state index contributed by atoms with van der Waals surface area (Å²) in [7, 11) is 0. The number of rotatable bonds is 4. The SMILES string of the molecule is O=C(O)CCC1(CO)CCCO1. The first-order valence-electron chi connectivity index (χ1n) is 4.15. The van der Waals surface area contributed by atoms with Crippen molar-refractivity contribution < 1.29 is 19.7 Å². The van der Waals surface area contributed by atoms with Gasteiger partial charge in [0.05, 0.1) is 12.2 Å². The van der Waals surface area contributed by atoms with Crippen molar-refractivity contribution in [3.63, 3.8) is 0 Å².